The zero-order valence-corrected chi connectivity index (χ0v) is 17.1. The van der Waals surface area contributed by atoms with Crippen molar-refractivity contribution in [2.45, 2.75) is 6.04 Å². The third-order valence-electron chi connectivity index (χ3n) is 5.51. The van der Waals surface area contributed by atoms with Crippen molar-refractivity contribution in [3.8, 4) is 5.75 Å². The van der Waals surface area contributed by atoms with E-state index in [-0.39, 0.29) is 22.5 Å². The highest BCUT2D eigenvalue weighted by atomic mass is 32.1. The average molecular weight is 444 g/mol. The van der Waals surface area contributed by atoms with Gasteiger partial charge < -0.3 is 9.52 Å². The van der Waals surface area contributed by atoms with E-state index >= 15 is 0 Å². The monoisotopic (exact) mass is 444 g/mol. The molecular weight excluding hydrogens is 431 g/mol. The maximum absolute atomic E-state index is 13.7. The number of phenolic OH excluding ortho intramolecular Hbond substituents is 1. The second-order valence-electron chi connectivity index (χ2n) is 7.45. The number of carbonyl (C=O) groups is 1. The van der Waals surface area contributed by atoms with Crippen LogP contribution in [0.3, 0.4) is 0 Å². The first-order valence-electron chi connectivity index (χ1n) is 9.75. The van der Waals surface area contributed by atoms with Crippen molar-refractivity contribution in [2.75, 3.05) is 4.90 Å². The van der Waals surface area contributed by atoms with Gasteiger partial charge in [0.1, 0.15) is 17.1 Å². The Morgan fingerprint density at radius 3 is 2.72 bits per heavy atom. The van der Waals surface area contributed by atoms with Crippen LogP contribution in [0.4, 0.5) is 9.52 Å². The maximum Gasteiger partial charge on any atom is 0.297 e. The Bertz CT molecular complexity index is 1620. The lowest BCUT2D eigenvalue weighted by Gasteiger charge is -2.22. The predicted molar refractivity (Wildman–Crippen MR) is 119 cm³/mol. The molecule has 0 saturated carbocycles. The van der Waals surface area contributed by atoms with Crippen molar-refractivity contribution in [3.05, 3.63) is 99.7 Å². The van der Waals surface area contributed by atoms with E-state index in [9.17, 15) is 19.1 Å². The molecule has 0 radical (unpaired) electrons. The summed E-state index contributed by atoms with van der Waals surface area (Å²) in [6, 6.07) is 16.5. The zero-order chi connectivity index (χ0) is 22.0. The molecule has 0 fully saturated rings. The number of nitrogens with zero attached hydrogens (tertiary/aromatic N) is 2. The van der Waals surface area contributed by atoms with Crippen LogP contribution in [0, 0.1) is 5.82 Å². The number of amides is 1. The Kier molecular flexibility index (Phi) is 3.93. The molecule has 32 heavy (non-hydrogen) atoms. The molecule has 6 rings (SSSR count). The van der Waals surface area contributed by atoms with Gasteiger partial charge in [-0.3, -0.25) is 14.5 Å². The van der Waals surface area contributed by atoms with Crippen LogP contribution in [0.5, 0.6) is 5.75 Å². The van der Waals surface area contributed by atoms with Gasteiger partial charge in [-0.15, -0.1) is 0 Å². The number of aromatic hydroxyl groups is 1. The van der Waals surface area contributed by atoms with Crippen LogP contribution in [-0.4, -0.2) is 16.0 Å². The number of carbonyl (C=O) groups excluding carboxylic acids is 1. The average Bonchev–Trinajstić information content (AvgIpc) is 3.32. The molecule has 3 aromatic carbocycles. The van der Waals surface area contributed by atoms with Gasteiger partial charge in [-0.05, 0) is 48.0 Å². The first-order valence-corrected chi connectivity index (χ1v) is 10.6. The Morgan fingerprint density at radius 2 is 1.88 bits per heavy atom. The van der Waals surface area contributed by atoms with E-state index in [0.29, 0.717) is 31.9 Å². The van der Waals surface area contributed by atoms with Gasteiger partial charge in [-0.25, -0.2) is 9.37 Å². The quantitative estimate of drug-likeness (QED) is 0.414. The Morgan fingerprint density at radius 1 is 1.03 bits per heavy atom. The summed E-state index contributed by atoms with van der Waals surface area (Å²) in [7, 11) is 0. The van der Waals surface area contributed by atoms with Crippen molar-refractivity contribution < 1.29 is 18.7 Å². The molecule has 8 heteroatoms. The second kappa shape index (κ2) is 6.73. The third kappa shape index (κ3) is 2.66. The number of hydrogen-bond donors (Lipinski definition) is 1. The highest BCUT2D eigenvalue weighted by molar-refractivity contribution is 7.22. The highest BCUT2D eigenvalue weighted by Crippen LogP contribution is 2.44. The molecule has 156 valence electrons. The smallest absolute Gasteiger partial charge is 0.297 e. The molecule has 0 aliphatic carbocycles. The van der Waals surface area contributed by atoms with Crippen molar-refractivity contribution in [2.24, 2.45) is 0 Å². The van der Waals surface area contributed by atoms with Crippen LogP contribution in [0.2, 0.25) is 0 Å². The van der Waals surface area contributed by atoms with Crippen molar-refractivity contribution in [1.29, 1.82) is 0 Å². The molecule has 0 bridgehead atoms. The van der Waals surface area contributed by atoms with Crippen LogP contribution < -0.4 is 10.3 Å². The molecular formula is C24H13FN2O4S. The maximum atomic E-state index is 13.7. The summed E-state index contributed by atoms with van der Waals surface area (Å²) >= 11 is 1.14. The molecule has 1 aliphatic rings. The van der Waals surface area contributed by atoms with Gasteiger partial charge in [0, 0.05) is 0 Å². The number of anilines is 1. The van der Waals surface area contributed by atoms with Crippen molar-refractivity contribution in [3.63, 3.8) is 0 Å². The normalized spacial score (nSPS) is 15.6. The van der Waals surface area contributed by atoms with Crippen LogP contribution in [0.15, 0.2) is 75.9 Å². The highest BCUT2D eigenvalue weighted by Gasteiger charge is 2.45. The number of phenols is 1. The number of hydrogen-bond acceptors (Lipinski definition) is 6. The SMILES string of the molecule is O=C1c2oc3ccccc3c(=O)c2[C@H](c2cccc(O)c2)N1c1nc2ccc(F)cc2s1. The van der Waals surface area contributed by atoms with Gasteiger partial charge in [-0.2, -0.15) is 0 Å². The minimum atomic E-state index is -0.851. The molecule has 1 amide bonds. The van der Waals surface area contributed by atoms with Gasteiger partial charge in [0.05, 0.1) is 27.2 Å². The first kappa shape index (κ1) is 18.7. The van der Waals surface area contributed by atoms with Crippen LogP contribution in [-0.2, 0) is 0 Å². The Hall–Kier alpha value is -4.04. The minimum absolute atomic E-state index is 0.0000955. The van der Waals surface area contributed by atoms with Crippen molar-refractivity contribution >= 4 is 43.6 Å². The molecule has 1 atom stereocenters. The number of benzene rings is 3. The summed E-state index contributed by atoms with van der Waals surface area (Å²) in [6.07, 6.45) is 0. The fourth-order valence-electron chi connectivity index (χ4n) is 4.12. The van der Waals surface area contributed by atoms with Crippen molar-refractivity contribution in [1.82, 2.24) is 4.98 Å². The van der Waals surface area contributed by atoms with Crippen LogP contribution in [0.25, 0.3) is 21.2 Å². The lowest BCUT2D eigenvalue weighted by Crippen LogP contribution is -2.29. The molecule has 2 aromatic heterocycles. The molecule has 1 aliphatic heterocycles. The minimum Gasteiger partial charge on any atom is -0.508 e. The molecule has 5 aromatic rings. The summed E-state index contributed by atoms with van der Waals surface area (Å²) in [5.74, 6) is -0.987. The summed E-state index contributed by atoms with van der Waals surface area (Å²) in [5, 5.41) is 10.7. The standard InChI is InChI=1S/C24H13FN2O4S/c25-13-8-9-16-18(11-13)32-24(26-16)27-20(12-4-3-5-14(28)10-12)19-21(29)15-6-1-2-7-17(15)31-22(19)23(27)30/h1-11,20,28H/t20-/m0/s1. The number of fused-ring (bicyclic) bond motifs is 3. The van der Waals surface area contributed by atoms with Gasteiger partial charge in [0.15, 0.2) is 10.6 Å². The number of rotatable bonds is 2. The van der Waals surface area contributed by atoms with E-state index in [2.05, 4.69) is 4.98 Å². The fraction of sp³-hybridized carbons (Fsp3) is 0.0417. The van der Waals surface area contributed by atoms with Crippen LogP contribution in [0.1, 0.15) is 27.7 Å². The van der Waals surface area contributed by atoms with Gasteiger partial charge in [-0.1, -0.05) is 35.6 Å². The Labute approximate surface area is 183 Å². The molecule has 6 nitrogen and oxygen atoms in total. The number of halogens is 1. The van der Waals surface area contributed by atoms with E-state index in [0.717, 1.165) is 11.3 Å². The number of para-hydroxylation sites is 1. The van der Waals surface area contributed by atoms with E-state index in [1.165, 1.54) is 29.2 Å². The molecule has 1 N–H and O–H groups in total. The predicted octanol–water partition coefficient (Wildman–Crippen LogP) is 5.00. The second-order valence-corrected chi connectivity index (χ2v) is 8.46. The largest absolute Gasteiger partial charge is 0.508 e. The molecule has 0 saturated heterocycles. The van der Waals surface area contributed by atoms with Gasteiger partial charge in [0.25, 0.3) is 5.91 Å². The van der Waals surface area contributed by atoms with E-state index in [1.54, 1.807) is 42.5 Å². The van der Waals surface area contributed by atoms with E-state index < -0.39 is 17.8 Å². The molecule has 0 spiro atoms. The zero-order valence-electron chi connectivity index (χ0n) is 16.3. The first-order chi connectivity index (χ1) is 15.5. The number of thiazole rings is 1. The number of aromatic nitrogens is 1. The van der Waals surface area contributed by atoms with Crippen LogP contribution >= 0.6 is 11.3 Å². The summed E-state index contributed by atoms with van der Waals surface area (Å²) in [5.41, 5.74) is 1.25. The topological polar surface area (TPSA) is 83.6 Å². The van der Waals surface area contributed by atoms with Gasteiger partial charge in [0.2, 0.25) is 5.76 Å². The summed E-state index contributed by atoms with van der Waals surface area (Å²) in [4.78, 5) is 32.9. The lowest BCUT2D eigenvalue weighted by atomic mass is 9.98. The molecule has 3 heterocycles. The summed E-state index contributed by atoms with van der Waals surface area (Å²) < 4.78 is 20.2. The summed E-state index contributed by atoms with van der Waals surface area (Å²) in [6.45, 7) is 0. The van der Waals surface area contributed by atoms with E-state index in [1.807, 2.05) is 0 Å². The Balaban J connectivity index is 1.65. The third-order valence-corrected chi connectivity index (χ3v) is 6.53. The van der Waals surface area contributed by atoms with Gasteiger partial charge >= 0.3 is 0 Å². The fourth-order valence-corrected chi connectivity index (χ4v) is 5.13. The lowest BCUT2D eigenvalue weighted by molar-refractivity contribution is 0.0971. The van der Waals surface area contributed by atoms with E-state index in [4.69, 9.17) is 4.42 Å². The molecule has 0 unspecified atom stereocenters.